The fraction of sp³-hybridized carbons (Fsp3) is 0.821. The fourth-order valence-corrected chi connectivity index (χ4v) is 8.50. The van der Waals surface area contributed by atoms with E-state index in [1.54, 1.807) is 0 Å². The lowest BCUT2D eigenvalue weighted by Gasteiger charge is -2.42. The van der Waals surface area contributed by atoms with E-state index >= 15 is 0 Å². The molecule has 0 aromatic carbocycles. The molecule has 0 aliphatic carbocycles. The third-order valence-corrected chi connectivity index (χ3v) is 13.1. The number of aliphatic hydroxyl groups excluding tert-OH is 7. The maximum atomic E-state index is 13.0. The van der Waals surface area contributed by atoms with Crippen LogP contribution in [0.3, 0.4) is 0 Å². The van der Waals surface area contributed by atoms with Crippen molar-refractivity contribution < 1.29 is 73.8 Å². The number of hydrogen-bond acceptors (Lipinski definition) is 15. The van der Waals surface area contributed by atoms with Gasteiger partial charge in [0.2, 0.25) is 0 Å². The average Bonchev–Trinajstić information content (AvgIpc) is 3.36. The Morgan fingerprint density at radius 3 is 1.37 bits per heavy atom. The van der Waals surface area contributed by atoms with Crippen LogP contribution in [-0.2, 0) is 38.0 Å². The van der Waals surface area contributed by atoms with Crippen molar-refractivity contribution in [3.63, 3.8) is 0 Å². The van der Waals surface area contributed by atoms with Crippen LogP contribution < -0.4 is 0 Å². The summed E-state index contributed by atoms with van der Waals surface area (Å²) in [5.74, 6) is -0.986. The Balaban J connectivity index is 1.81. The van der Waals surface area contributed by atoms with E-state index in [1.165, 1.54) is 109 Å². The second-order valence-electron chi connectivity index (χ2n) is 19.4. The molecule has 2 aliphatic rings. The molecule has 2 fully saturated rings. The molecule has 11 atom stereocenters. The maximum absolute atomic E-state index is 13.0. The summed E-state index contributed by atoms with van der Waals surface area (Å²) in [6, 6.07) is 0. The fourth-order valence-electron chi connectivity index (χ4n) is 8.50. The number of carbonyl (C=O) groups is 2. The highest BCUT2D eigenvalue weighted by Gasteiger charge is 2.47. The van der Waals surface area contributed by atoms with Crippen LogP contribution in [0.5, 0.6) is 0 Å². The molecule has 412 valence electrons. The Kier molecular flexibility index (Phi) is 38.9. The van der Waals surface area contributed by atoms with Gasteiger partial charge in [0.1, 0.15) is 55.4 Å². The number of allylic oxidation sites excluding steroid dienone is 8. The van der Waals surface area contributed by atoms with Gasteiger partial charge in [-0.15, -0.1) is 0 Å². The minimum absolute atomic E-state index is 0.0901. The van der Waals surface area contributed by atoms with Crippen LogP contribution in [-0.4, -0.2) is 142 Å². The Hall–Kier alpha value is -2.54. The van der Waals surface area contributed by atoms with Crippen LogP contribution in [0.15, 0.2) is 48.6 Å². The van der Waals surface area contributed by atoms with E-state index in [2.05, 4.69) is 56.4 Å². The monoisotopic (exact) mass is 1010 g/mol. The first-order valence-corrected chi connectivity index (χ1v) is 27.7. The van der Waals surface area contributed by atoms with Gasteiger partial charge in [0.15, 0.2) is 18.7 Å². The van der Waals surface area contributed by atoms with Gasteiger partial charge in [-0.3, -0.25) is 9.59 Å². The quantitative estimate of drug-likeness (QED) is 0.0172. The van der Waals surface area contributed by atoms with E-state index in [0.29, 0.717) is 19.3 Å². The first kappa shape index (κ1) is 64.6. The van der Waals surface area contributed by atoms with Gasteiger partial charge in [-0.05, 0) is 51.4 Å². The summed E-state index contributed by atoms with van der Waals surface area (Å²) < 4.78 is 33.6. The molecule has 0 saturated carbocycles. The molecular weight excluding hydrogens is 913 g/mol. The zero-order valence-electron chi connectivity index (χ0n) is 43.7. The van der Waals surface area contributed by atoms with Crippen molar-refractivity contribution >= 4 is 11.9 Å². The summed E-state index contributed by atoms with van der Waals surface area (Å²) in [6.07, 6.45) is 31.4. The molecule has 0 spiro atoms. The Labute approximate surface area is 427 Å². The maximum Gasteiger partial charge on any atom is 0.306 e. The molecule has 2 heterocycles. The summed E-state index contributed by atoms with van der Waals surface area (Å²) in [7, 11) is 0. The average molecular weight is 1010 g/mol. The standard InChI is InChI=1S/C56H98O15/c1-3-5-7-9-11-13-15-17-19-20-21-22-23-24-25-27-29-31-33-35-37-39-48(59)69-44(41-66-47(58)38-36-34-32-30-28-26-18-16-14-12-10-8-6-4-2)42-67-55-54(65)52(63)50(61)46(71-55)43-68-56-53(64)51(62)49(60)45(40-57)70-56/h19-20,22-23,25,27,31,33,44-46,49-57,60-65H,3-18,21,24,26,28-30,32,34-43H2,1-2H3/b20-19+,23-22+,27-25+,33-31+/t44-,45+,46+,49-,50-,51?,52?,53?,54?,55+,56+/m1/s1. The third-order valence-electron chi connectivity index (χ3n) is 13.1. The molecule has 71 heavy (non-hydrogen) atoms. The van der Waals surface area contributed by atoms with Crippen LogP contribution >= 0.6 is 0 Å². The van der Waals surface area contributed by atoms with Crippen molar-refractivity contribution in [2.75, 3.05) is 26.4 Å². The molecule has 0 amide bonds. The lowest BCUT2D eigenvalue weighted by atomic mass is 9.98. The molecule has 2 saturated heterocycles. The van der Waals surface area contributed by atoms with Gasteiger partial charge in [-0.1, -0.05) is 184 Å². The van der Waals surface area contributed by atoms with Crippen molar-refractivity contribution in [1.29, 1.82) is 0 Å². The Morgan fingerprint density at radius 2 is 0.859 bits per heavy atom. The minimum atomic E-state index is -1.77. The zero-order chi connectivity index (χ0) is 51.7. The van der Waals surface area contributed by atoms with Gasteiger partial charge in [0.05, 0.1) is 19.8 Å². The van der Waals surface area contributed by atoms with Gasteiger partial charge in [-0.2, -0.15) is 0 Å². The summed E-state index contributed by atoms with van der Waals surface area (Å²) in [5.41, 5.74) is 0. The van der Waals surface area contributed by atoms with E-state index in [-0.39, 0.29) is 19.4 Å². The highest BCUT2D eigenvalue weighted by Crippen LogP contribution is 2.26. The van der Waals surface area contributed by atoms with E-state index in [9.17, 15) is 45.3 Å². The first-order chi connectivity index (χ1) is 34.5. The summed E-state index contributed by atoms with van der Waals surface area (Å²) >= 11 is 0. The number of ether oxygens (including phenoxy) is 6. The van der Waals surface area contributed by atoms with E-state index in [0.717, 1.165) is 44.9 Å². The Morgan fingerprint density at radius 1 is 0.451 bits per heavy atom. The summed E-state index contributed by atoms with van der Waals surface area (Å²) in [5, 5.41) is 72.2. The summed E-state index contributed by atoms with van der Waals surface area (Å²) in [6.45, 7) is 2.54. The van der Waals surface area contributed by atoms with Crippen molar-refractivity contribution in [1.82, 2.24) is 0 Å². The van der Waals surface area contributed by atoms with E-state index in [1.807, 2.05) is 6.08 Å². The van der Waals surface area contributed by atoms with Gasteiger partial charge in [0, 0.05) is 12.8 Å². The second-order valence-corrected chi connectivity index (χ2v) is 19.4. The number of aliphatic hydroxyl groups is 7. The van der Waals surface area contributed by atoms with Crippen molar-refractivity contribution in [2.24, 2.45) is 0 Å². The molecule has 7 N–H and O–H groups in total. The lowest BCUT2D eigenvalue weighted by Crippen LogP contribution is -2.61. The molecule has 2 aliphatic heterocycles. The SMILES string of the molecule is CCCCCCCCC/C=C/C/C=C/C/C=C/C/C=C/CCCC(=O)O[C@H](COC(=O)CCCCCCCCCCCCCCCC)CO[C@H]1O[C@@H](CO[C@H]2O[C@@H](CO)[C@@H](O)C(O)C2O)[C@@H](O)C(O)C1O. The lowest BCUT2D eigenvalue weighted by molar-refractivity contribution is -0.332. The smallest absolute Gasteiger partial charge is 0.306 e. The number of esters is 2. The van der Waals surface area contributed by atoms with Crippen molar-refractivity contribution in [2.45, 2.75) is 268 Å². The zero-order valence-corrected chi connectivity index (χ0v) is 43.7. The molecule has 0 aromatic heterocycles. The van der Waals surface area contributed by atoms with Gasteiger partial charge in [0.25, 0.3) is 0 Å². The molecule has 0 radical (unpaired) electrons. The minimum Gasteiger partial charge on any atom is -0.462 e. The van der Waals surface area contributed by atoms with Gasteiger partial charge < -0.3 is 64.2 Å². The molecule has 2 rings (SSSR count). The van der Waals surface area contributed by atoms with Crippen molar-refractivity contribution in [3.8, 4) is 0 Å². The van der Waals surface area contributed by atoms with Crippen LogP contribution in [0, 0.1) is 0 Å². The van der Waals surface area contributed by atoms with Crippen molar-refractivity contribution in [3.05, 3.63) is 48.6 Å². The molecule has 15 nitrogen and oxygen atoms in total. The van der Waals surface area contributed by atoms with Crippen LogP contribution in [0.1, 0.15) is 200 Å². The summed E-state index contributed by atoms with van der Waals surface area (Å²) in [4.78, 5) is 25.8. The molecule has 4 unspecified atom stereocenters. The Bertz CT molecular complexity index is 1420. The van der Waals surface area contributed by atoms with Crippen LogP contribution in [0.2, 0.25) is 0 Å². The molecule has 15 heteroatoms. The topological polar surface area (TPSA) is 231 Å². The molecule has 0 bridgehead atoms. The highest BCUT2D eigenvalue weighted by molar-refractivity contribution is 5.70. The van der Waals surface area contributed by atoms with Gasteiger partial charge in [-0.25, -0.2) is 0 Å². The van der Waals surface area contributed by atoms with Crippen LogP contribution in [0.4, 0.5) is 0 Å². The number of unbranched alkanes of at least 4 members (excludes halogenated alkanes) is 21. The highest BCUT2D eigenvalue weighted by atomic mass is 16.7. The molecular formula is C56H98O15. The number of carbonyl (C=O) groups excluding carboxylic acids is 2. The largest absolute Gasteiger partial charge is 0.462 e. The number of rotatable bonds is 43. The van der Waals surface area contributed by atoms with Gasteiger partial charge >= 0.3 is 11.9 Å². The normalized spacial score (nSPS) is 25.5. The van der Waals surface area contributed by atoms with Crippen LogP contribution in [0.25, 0.3) is 0 Å². The number of hydrogen-bond donors (Lipinski definition) is 7. The first-order valence-electron chi connectivity index (χ1n) is 27.7. The van der Waals surface area contributed by atoms with E-state index in [4.69, 9.17) is 28.4 Å². The predicted octanol–water partition coefficient (Wildman–Crippen LogP) is 8.66. The predicted molar refractivity (Wildman–Crippen MR) is 275 cm³/mol. The van der Waals surface area contributed by atoms with E-state index < -0.39 is 99.3 Å². The molecule has 0 aromatic rings. The third kappa shape index (κ3) is 30.4. The second kappa shape index (κ2) is 42.8.